The van der Waals surface area contributed by atoms with Crippen molar-refractivity contribution in [1.82, 2.24) is 15.5 Å². The topological polar surface area (TPSA) is 96.1 Å². The van der Waals surface area contributed by atoms with Gasteiger partial charge in [0.15, 0.2) is 0 Å². The van der Waals surface area contributed by atoms with Gasteiger partial charge in [-0.3, -0.25) is 14.7 Å². The number of carbonyl (C=O) groups is 2. The Hall–Kier alpha value is -4.39. The smallest absolute Gasteiger partial charge is 0.248 e. The van der Waals surface area contributed by atoms with E-state index in [-0.39, 0.29) is 18.2 Å². The van der Waals surface area contributed by atoms with Gasteiger partial charge < -0.3 is 15.4 Å². The number of H-pyrrole nitrogens is 1. The van der Waals surface area contributed by atoms with Gasteiger partial charge in [-0.1, -0.05) is 67.6 Å². The number of para-hydroxylation sites is 1. The zero-order valence-electron chi connectivity index (χ0n) is 18.8. The molecule has 1 atom stereocenters. The maximum absolute atomic E-state index is 12.7. The normalized spacial score (nSPS) is 11.4. The molecule has 0 radical (unpaired) electrons. The molecule has 0 aliphatic heterocycles. The molecular formula is C27H26N4O3. The van der Waals surface area contributed by atoms with Crippen molar-refractivity contribution >= 4 is 17.6 Å². The summed E-state index contributed by atoms with van der Waals surface area (Å²) >= 11 is 0. The number of carbonyl (C=O) groups excluding carboxylic acids is 2. The second-order valence-electron chi connectivity index (χ2n) is 7.79. The summed E-state index contributed by atoms with van der Waals surface area (Å²) in [6.45, 7) is 1.85. The van der Waals surface area contributed by atoms with Gasteiger partial charge in [-0.05, 0) is 36.2 Å². The number of hydrogen-bond acceptors (Lipinski definition) is 4. The molecule has 7 nitrogen and oxygen atoms in total. The monoisotopic (exact) mass is 454 g/mol. The van der Waals surface area contributed by atoms with Gasteiger partial charge in [0.25, 0.3) is 0 Å². The molecule has 34 heavy (non-hydrogen) atoms. The Bertz CT molecular complexity index is 1240. The lowest BCUT2D eigenvalue weighted by Gasteiger charge is -2.16. The summed E-state index contributed by atoms with van der Waals surface area (Å²) in [7, 11) is 0. The number of amides is 2. The highest BCUT2D eigenvalue weighted by Gasteiger charge is 2.20. The second kappa shape index (κ2) is 11.0. The molecule has 0 spiro atoms. The molecule has 0 bridgehead atoms. The van der Waals surface area contributed by atoms with E-state index >= 15 is 0 Å². The molecule has 0 saturated heterocycles. The highest BCUT2D eigenvalue weighted by molar-refractivity contribution is 5.97. The lowest BCUT2D eigenvalue weighted by Crippen LogP contribution is -2.44. The summed E-state index contributed by atoms with van der Waals surface area (Å²) in [5.74, 6) is 1.30. The first-order valence-electron chi connectivity index (χ1n) is 11.1. The molecule has 3 aromatic carbocycles. The number of anilines is 1. The average molecular weight is 455 g/mol. The molecule has 2 amide bonds. The van der Waals surface area contributed by atoms with Crippen LogP contribution >= 0.6 is 0 Å². The van der Waals surface area contributed by atoms with Crippen LogP contribution in [0.25, 0.3) is 11.3 Å². The van der Waals surface area contributed by atoms with Crippen LogP contribution in [0.1, 0.15) is 18.9 Å². The number of aromatic amines is 1. The average Bonchev–Trinajstić information content (AvgIpc) is 3.32. The van der Waals surface area contributed by atoms with Crippen LogP contribution < -0.4 is 15.4 Å². The Morgan fingerprint density at radius 1 is 0.912 bits per heavy atom. The van der Waals surface area contributed by atoms with Crippen molar-refractivity contribution < 1.29 is 14.3 Å². The van der Waals surface area contributed by atoms with Crippen molar-refractivity contribution in [2.75, 3.05) is 5.32 Å². The lowest BCUT2D eigenvalue weighted by atomic mass is 10.1. The Morgan fingerprint density at radius 3 is 2.35 bits per heavy atom. The maximum Gasteiger partial charge on any atom is 0.248 e. The number of benzene rings is 3. The van der Waals surface area contributed by atoms with Crippen molar-refractivity contribution in [3.8, 4) is 22.8 Å². The van der Waals surface area contributed by atoms with Crippen molar-refractivity contribution in [2.24, 2.45) is 0 Å². The first kappa shape index (κ1) is 22.8. The Balaban J connectivity index is 1.33. The van der Waals surface area contributed by atoms with E-state index < -0.39 is 6.04 Å². The van der Waals surface area contributed by atoms with Crippen LogP contribution in [0.3, 0.4) is 0 Å². The van der Waals surface area contributed by atoms with E-state index in [9.17, 15) is 9.59 Å². The fraction of sp³-hybridized carbons (Fsp3) is 0.148. The van der Waals surface area contributed by atoms with Gasteiger partial charge in [-0.15, -0.1) is 0 Å². The van der Waals surface area contributed by atoms with Crippen LogP contribution in [0, 0.1) is 0 Å². The van der Waals surface area contributed by atoms with Gasteiger partial charge in [0.1, 0.15) is 23.4 Å². The number of ether oxygens (including phenoxy) is 1. The van der Waals surface area contributed by atoms with Crippen molar-refractivity contribution in [3.05, 3.63) is 96.6 Å². The lowest BCUT2D eigenvalue weighted by molar-refractivity contribution is -0.126. The highest BCUT2D eigenvalue weighted by Crippen LogP contribution is 2.22. The number of rotatable bonds is 9. The molecule has 1 unspecified atom stereocenters. The molecule has 0 saturated carbocycles. The zero-order chi connectivity index (χ0) is 23.8. The molecular weight excluding hydrogens is 428 g/mol. The fourth-order valence-corrected chi connectivity index (χ4v) is 3.49. The zero-order valence-corrected chi connectivity index (χ0v) is 18.8. The molecule has 0 aliphatic rings. The molecule has 7 heteroatoms. The third kappa shape index (κ3) is 6.10. The molecule has 4 aromatic rings. The van der Waals surface area contributed by atoms with Crippen LogP contribution in [0.4, 0.5) is 5.82 Å². The fourth-order valence-electron chi connectivity index (χ4n) is 3.49. The predicted octanol–water partition coefficient (Wildman–Crippen LogP) is 4.95. The maximum atomic E-state index is 12.7. The van der Waals surface area contributed by atoms with Crippen molar-refractivity contribution in [1.29, 1.82) is 0 Å². The number of nitrogens with zero attached hydrogens (tertiary/aromatic N) is 1. The molecule has 1 heterocycles. The van der Waals surface area contributed by atoms with E-state index in [1.807, 2.05) is 91.9 Å². The third-order valence-electron chi connectivity index (χ3n) is 5.21. The Kier molecular flexibility index (Phi) is 7.35. The minimum atomic E-state index is -0.667. The quantitative estimate of drug-likeness (QED) is 0.334. The Morgan fingerprint density at radius 2 is 1.62 bits per heavy atom. The number of hydrogen-bond donors (Lipinski definition) is 3. The van der Waals surface area contributed by atoms with Crippen molar-refractivity contribution in [2.45, 2.75) is 25.8 Å². The summed E-state index contributed by atoms with van der Waals surface area (Å²) in [4.78, 5) is 25.4. The summed E-state index contributed by atoms with van der Waals surface area (Å²) in [5.41, 5.74) is 2.46. The van der Waals surface area contributed by atoms with Gasteiger partial charge >= 0.3 is 0 Å². The van der Waals surface area contributed by atoms with Gasteiger partial charge in [0.05, 0.1) is 12.1 Å². The second-order valence-corrected chi connectivity index (χ2v) is 7.79. The summed E-state index contributed by atoms with van der Waals surface area (Å²) < 4.78 is 5.84. The molecule has 172 valence electrons. The largest absolute Gasteiger partial charge is 0.457 e. The van der Waals surface area contributed by atoms with Crippen LogP contribution in [0.2, 0.25) is 0 Å². The molecule has 0 fully saturated rings. The standard InChI is InChI=1S/C27H26N4O3/c1-2-23(27(33)29-25-18-24(30-31-25)20-11-5-3-6-12-20)28-26(32)17-19-10-9-15-22(16-19)34-21-13-7-4-8-14-21/h3-16,18,23H,2,17H2,1H3,(H,28,32)(H2,29,30,31,33). The van der Waals surface area contributed by atoms with E-state index in [1.165, 1.54) is 0 Å². The SMILES string of the molecule is CCC(NC(=O)Cc1cccc(Oc2ccccc2)c1)C(=O)Nc1cc(-c2ccccc2)n[nH]1. The van der Waals surface area contributed by atoms with E-state index in [4.69, 9.17) is 4.74 Å². The molecule has 1 aromatic heterocycles. The van der Waals surface area contributed by atoms with Crippen LogP contribution in [-0.2, 0) is 16.0 Å². The summed E-state index contributed by atoms with van der Waals surface area (Å²) in [6, 6.07) is 27.6. The van der Waals surface area contributed by atoms with Gasteiger partial charge in [0, 0.05) is 11.6 Å². The van der Waals surface area contributed by atoms with Gasteiger partial charge in [-0.2, -0.15) is 5.10 Å². The molecule has 4 rings (SSSR count). The van der Waals surface area contributed by atoms with Gasteiger partial charge in [0.2, 0.25) is 11.8 Å². The van der Waals surface area contributed by atoms with Crippen LogP contribution in [0.15, 0.2) is 91.0 Å². The van der Waals surface area contributed by atoms with E-state index in [0.29, 0.717) is 18.0 Å². The Labute approximate surface area is 198 Å². The van der Waals surface area contributed by atoms with E-state index in [0.717, 1.165) is 22.6 Å². The number of aromatic nitrogens is 2. The first-order chi connectivity index (χ1) is 16.6. The molecule has 0 aliphatic carbocycles. The predicted molar refractivity (Wildman–Crippen MR) is 132 cm³/mol. The van der Waals surface area contributed by atoms with E-state index in [1.54, 1.807) is 6.07 Å². The van der Waals surface area contributed by atoms with Gasteiger partial charge in [-0.25, -0.2) is 0 Å². The minimum Gasteiger partial charge on any atom is -0.457 e. The third-order valence-corrected chi connectivity index (χ3v) is 5.21. The van der Waals surface area contributed by atoms with Crippen LogP contribution in [0.5, 0.6) is 11.5 Å². The van der Waals surface area contributed by atoms with Crippen LogP contribution in [-0.4, -0.2) is 28.1 Å². The summed E-state index contributed by atoms with van der Waals surface area (Å²) in [6.07, 6.45) is 0.590. The van der Waals surface area contributed by atoms with Crippen molar-refractivity contribution in [3.63, 3.8) is 0 Å². The first-order valence-corrected chi connectivity index (χ1v) is 11.1. The summed E-state index contributed by atoms with van der Waals surface area (Å²) in [5, 5.41) is 12.7. The minimum absolute atomic E-state index is 0.137. The van der Waals surface area contributed by atoms with E-state index in [2.05, 4.69) is 20.8 Å². The number of nitrogens with one attached hydrogen (secondary N) is 3. The molecule has 3 N–H and O–H groups in total. The highest BCUT2D eigenvalue weighted by atomic mass is 16.5.